The number of aromatic nitrogens is 3. The first-order valence-electron chi connectivity index (χ1n) is 9.24. The van der Waals surface area contributed by atoms with Crippen LogP contribution in [0.5, 0.6) is 0 Å². The number of benzene rings is 2. The summed E-state index contributed by atoms with van der Waals surface area (Å²) in [7, 11) is 0. The second kappa shape index (κ2) is 6.93. The van der Waals surface area contributed by atoms with Crippen molar-refractivity contribution in [2.45, 2.75) is 19.3 Å². The molecule has 3 heterocycles. The van der Waals surface area contributed by atoms with Crippen LogP contribution in [-0.2, 0) is 9.59 Å². The van der Waals surface area contributed by atoms with Crippen LogP contribution < -0.4 is 10.5 Å². The van der Waals surface area contributed by atoms with Gasteiger partial charge in [0.05, 0.1) is 27.4 Å². The average Bonchev–Trinajstić information content (AvgIpc) is 3.35. The Morgan fingerprint density at radius 3 is 2.70 bits per heavy atom. The molecular weight excluding hydrogens is 424 g/mol. The van der Waals surface area contributed by atoms with E-state index < -0.39 is 11.8 Å². The Balaban J connectivity index is 1.56. The number of carbonyl (C=O) groups is 2. The van der Waals surface area contributed by atoms with Gasteiger partial charge in [0.25, 0.3) is 5.56 Å². The van der Waals surface area contributed by atoms with Crippen LogP contribution in [0.2, 0.25) is 5.02 Å². The normalized spacial score (nSPS) is 16.7. The fourth-order valence-electron chi connectivity index (χ4n) is 3.80. The molecule has 5 rings (SSSR count). The molecule has 0 radical (unpaired) electrons. The molecule has 9 heteroatoms. The van der Waals surface area contributed by atoms with Gasteiger partial charge >= 0.3 is 0 Å². The van der Waals surface area contributed by atoms with Gasteiger partial charge in [-0.15, -0.1) is 0 Å². The number of carbonyl (C=O) groups excluding carboxylic acids is 2. The van der Waals surface area contributed by atoms with Gasteiger partial charge in [0, 0.05) is 17.1 Å². The molecule has 1 atom stereocenters. The van der Waals surface area contributed by atoms with Crippen molar-refractivity contribution < 1.29 is 9.59 Å². The van der Waals surface area contributed by atoms with Crippen LogP contribution in [-0.4, -0.2) is 26.6 Å². The third-order valence-electron chi connectivity index (χ3n) is 5.15. The minimum absolute atomic E-state index is 0.0703. The number of H-pyrrole nitrogens is 1. The third kappa shape index (κ3) is 2.88. The van der Waals surface area contributed by atoms with Crippen LogP contribution in [0.25, 0.3) is 15.3 Å². The first-order chi connectivity index (χ1) is 14.4. The van der Waals surface area contributed by atoms with Crippen LogP contribution in [0, 0.1) is 6.92 Å². The smallest absolute Gasteiger partial charge is 0.277 e. The van der Waals surface area contributed by atoms with Crippen molar-refractivity contribution >= 4 is 50.7 Å². The standard InChI is InChI=1S/C21H15ClN4O3S/c1-11-18(14-10-17(27)25(19(14)28)13-6-4-5-12(22)9-13)20(29)26(24-11)21-23-15-7-2-3-8-16(15)30-21/h2-9,14,24H,10H2,1H3. The van der Waals surface area contributed by atoms with Gasteiger partial charge < -0.3 is 0 Å². The summed E-state index contributed by atoms with van der Waals surface area (Å²) in [5, 5.41) is 3.92. The number of nitrogens with zero attached hydrogens (tertiary/aromatic N) is 3. The van der Waals surface area contributed by atoms with Crippen LogP contribution in [0.4, 0.5) is 5.69 Å². The van der Waals surface area contributed by atoms with Crippen molar-refractivity contribution in [3.05, 3.63) is 75.2 Å². The van der Waals surface area contributed by atoms with E-state index in [0.717, 1.165) is 15.1 Å². The van der Waals surface area contributed by atoms with E-state index in [9.17, 15) is 14.4 Å². The number of aryl methyl sites for hydroxylation is 1. The highest BCUT2D eigenvalue weighted by Crippen LogP contribution is 2.34. The highest BCUT2D eigenvalue weighted by atomic mass is 35.5. The van der Waals surface area contributed by atoms with Crippen molar-refractivity contribution in [3.8, 4) is 5.13 Å². The monoisotopic (exact) mass is 438 g/mol. The molecule has 0 spiro atoms. The number of fused-ring (bicyclic) bond motifs is 1. The highest BCUT2D eigenvalue weighted by molar-refractivity contribution is 7.20. The van der Waals surface area contributed by atoms with Crippen molar-refractivity contribution in [1.82, 2.24) is 14.8 Å². The van der Waals surface area contributed by atoms with Gasteiger partial charge in [0.1, 0.15) is 0 Å². The number of thiazole rings is 1. The molecule has 2 aromatic carbocycles. The average molecular weight is 439 g/mol. The lowest BCUT2D eigenvalue weighted by Gasteiger charge is -2.15. The molecule has 1 N–H and O–H groups in total. The number of anilines is 1. The Kier molecular flexibility index (Phi) is 4.34. The van der Waals surface area contributed by atoms with Crippen molar-refractivity contribution in [2.24, 2.45) is 0 Å². The zero-order valence-corrected chi connectivity index (χ0v) is 17.3. The summed E-state index contributed by atoms with van der Waals surface area (Å²) in [5.41, 5.74) is 1.65. The van der Waals surface area contributed by atoms with E-state index in [2.05, 4.69) is 10.1 Å². The number of para-hydroxylation sites is 1. The maximum Gasteiger partial charge on any atom is 0.277 e. The summed E-state index contributed by atoms with van der Waals surface area (Å²) >= 11 is 7.39. The topological polar surface area (TPSA) is 88.1 Å². The van der Waals surface area contributed by atoms with E-state index in [4.69, 9.17) is 11.6 Å². The number of halogens is 1. The molecule has 2 amide bonds. The Bertz CT molecular complexity index is 1350. The molecule has 150 valence electrons. The van der Waals surface area contributed by atoms with E-state index >= 15 is 0 Å². The third-order valence-corrected chi connectivity index (χ3v) is 6.41. The highest BCUT2D eigenvalue weighted by Gasteiger charge is 2.43. The molecule has 30 heavy (non-hydrogen) atoms. The van der Waals surface area contributed by atoms with E-state index in [1.165, 1.54) is 16.0 Å². The van der Waals surface area contributed by atoms with E-state index in [-0.39, 0.29) is 23.5 Å². The minimum Gasteiger partial charge on any atom is -0.293 e. The summed E-state index contributed by atoms with van der Waals surface area (Å²) in [6, 6.07) is 14.1. The SMILES string of the molecule is Cc1[nH]n(-c2nc3ccccc3s2)c(=O)c1C1CC(=O)N(c2cccc(Cl)c2)C1=O. The first-order valence-corrected chi connectivity index (χ1v) is 10.4. The van der Waals surface area contributed by atoms with Gasteiger partial charge in [-0.05, 0) is 37.3 Å². The van der Waals surface area contributed by atoms with Crippen molar-refractivity contribution in [1.29, 1.82) is 0 Å². The molecular formula is C21H15ClN4O3S. The predicted molar refractivity (Wildman–Crippen MR) is 116 cm³/mol. The van der Waals surface area contributed by atoms with E-state index in [1.54, 1.807) is 31.2 Å². The molecule has 2 aromatic heterocycles. The van der Waals surface area contributed by atoms with Crippen LogP contribution in [0.15, 0.2) is 53.3 Å². The van der Waals surface area contributed by atoms with Gasteiger partial charge in [-0.3, -0.25) is 19.5 Å². The molecule has 1 unspecified atom stereocenters. The van der Waals surface area contributed by atoms with E-state index in [0.29, 0.717) is 21.5 Å². The van der Waals surface area contributed by atoms with Crippen molar-refractivity contribution in [3.63, 3.8) is 0 Å². The Labute approximate surface area is 179 Å². The molecule has 0 bridgehead atoms. The Hall–Kier alpha value is -3.23. The maximum absolute atomic E-state index is 13.2. The van der Waals surface area contributed by atoms with Gasteiger partial charge in [-0.25, -0.2) is 9.88 Å². The minimum atomic E-state index is -0.851. The van der Waals surface area contributed by atoms with Gasteiger partial charge in [0.2, 0.25) is 16.9 Å². The molecule has 4 aromatic rings. The number of aromatic amines is 1. The summed E-state index contributed by atoms with van der Waals surface area (Å²) < 4.78 is 2.29. The summed E-state index contributed by atoms with van der Waals surface area (Å²) in [6.45, 7) is 1.72. The molecule has 0 aliphatic carbocycles. The Morgan fingerprint density at radius 2 is 1.93 bits per heavy atom. The summed E-state index contributed by atoms with van der Waals surface area (Å²) in [4.78, 5) is 44.5. The number of hydrogen-bond acceptors (Lipinski definition) is 5. The molecule has 0 saturated carbocycles. The lowest BCUT2D eigenvalue weighted by Crippen LogP contribution is -2.31. The largest absolute Gasteiger partial charge is 0.293 e. The molecule has 1 fully saturated rings. The lowest BCUT2D eigenvalue weighted by atomic mass is 9.98. The number of hydrogen-bond donors (Lipinski definition) is 1. The van der Waals surface area contributed by atoms with Gasteiger partial charge in [-0.2, -0.15) is 4.68 Å². The maximum atomic E-state index is 13.2. The number of amides is 2. The number of rotatable bonds is 3. The van der Waals surface area contributed by atoms with Crippen molar-refractivity contribution in [2.75, 3.05) is 4.90 Å². The summed E-state index contributed by atoms with van der Waals surface area (Å²) in [5.74, 6) is -1.65. The molecule has 1 saturated heterocycles. The van der Waals surface area contributed by atoms with Crippen LogP contribution >= 0.6 is 22.9 Å². The molecule has 1 aliphatic rings. The quantitative estimate of drug-likeness (QED) is 0.493. The van der Waals surface area contributed by atoms with E-state index in [1.807, 2.05) is 24.3 Å². The zero-order valence-electron chi connectivity index (χ0n) is 15.8. The predicted octanol–water partition coefficient (Wildman–Crippen LogP) is 3.78. The second-order valence-corrected chi connectivity index (χ2v) is 8.50. The Morgan fingerprint density at radius 1 is 1.13 bits per heavy atom. The molecule has 7 nitrogen and oxygen atoms in total. The van der Waals surface area contributed by atoms with Gasteiger partial charge in [0.15, 0.2) is 0 Å². The van der Waals surface area contributed by atoms with Crippen LogP contribution in [0.1, 0.15) is 23.6 Å². The second-order valence-electron chi connectivity index (χ2n) is 7.06. The van der Waals surface area contributed by atoms with Crippen LogP contribution in [0.3, 0.4) is 0 Å². The number of imide groups is 1. The number of nitrogens with one attached hydrogen (secondary N) is 1. The lowest BCUT2D eigenvalue weighted by molar-refractivity contribution is -0.121. The van der Waals surface area contributed by atoms with Gasteiger partial charge in [-0.1, -0.05) is 41.1 Å². The zero-order chi connectivity index (χ0) is 21.0. The fraction of sp³-hybridized carbons (Fsp3) is 0.143. The summed E-state index contributed by atoms with van der Waals surface area (Å²) in [6.07, 6.45) is -0.0703. The molecule has 1 aliphatic heterocycles. The first kappa shape index (κ1) is 18.8. The fourth-order valence-corrected chi connectivity index (χ4v) is 4.91.